The third-order valence-corrected chi connectivity index (χ3v) is 3.07. The summed E-state index contributed by atoms with van der Waals surface area (Å²) < 4.78 is 0. The monoisotopic (exact) mass is 250 g/mol. The van der Waals surface area contributed by atoms with Crippen molar-refractivity contribution >= 4 is 6.29 Å². The van der Waals surface area contributed by atoms with Crippen LogP contribution in [0.2, 0.25) is 0 Å². The maximum Gasteiger partial charge on any atom is 0.127 e. The van der Waals surface area contributed by atoms with Crippen LogP contribution in [0.5, 0.6) is 0 Å². The van der Waals surface area contributed by atoms with E-state index in [1.807, 2.05) is 42.5 Å². The third kappa shape index (κ3) is 4.55. The molecule has 0 spiro atoms. The van der Waals surface area contributed by atoms with Crippen LogP contribution in [0.4, 0.5) is 0 Å². The van der Waals surface area contributed by atoms with Gasteiger partial charge in [-0.05, 0) is 24.0 Å². The van der Waals surface area contributed by atoms with E-state index in [1.165, 1.54) is 11.1 Å². The maximum absolute atomic E-state index is 11.1. The van der Waals surface area contributed by atoms with Gasteiger partial charge in [-0.15, -0.1) is 0 Å². The van der Waals surface area contributed by atoms with E-state index >= 15 is 0 Å². The zero-order valence-corrected chi connectivity index (χ0v) is 10.9. The lowest BCUT2D eigenvalue weighted by Crippen LogP contribution is -2.02. The molecule has 0 bridgehead atoms. The predicted molar refractivity (Wildman–Crippen MR) is 79.0 cm³/mol. The van der Waals surface area contributed by atoms with Crippen molar-refractivity contribution in [2.24, 2.45) is 5.92 Å². The van der Waals surface area contributed by atoms with Gasteiger partial charge in [0, 0.05) is 5.92 Å². The molecule has 0 radical (unpaired) electrons. The van der Waals surface area contributed by atoms with E-state index in [0.717, 1.165) is 19.1 Å². The largest absolute Gasteiger partial charge is 0.303 e. The first-order valence-corrected chi connectivity index (χ1v) is 6.58. The minimum Gasteiger partial charge on any atom is -0.303 e. The van der Waals surface area contributed by atoms with Crippen molar-refractivity contribution in [3.05, 3.63) is 83.9 Å². The van der Waals surface area contributed by atoms with Gasteiger partial charge in [-0.1, -0.05) is 72.8 Å². The fourth-order valence-electron chi connectivity index (χ4n) is 2.04. The molecule has 2 aromatic rings. The summed E-state index contributed by atoms with van der Waals surface area (Å²) in [6, 6.07) is 20.4. The summed E-state index contributed by atoms with van der Waals surface area (Å²) in [5.41, 5.74) is 2.46. The van der Waals surface area contributed by atoms with Gasteiger partial charge in [-0.25, -0.2) is 0 Å². The molecule has 2 rings (SSSR count). The van der Waals surface area contributed by atoms with E-state index in [-0.39, 0.29) is 5.92 Å². The molecule has 19 heavy (non-hydrogen) atoms. The number of benzene rings is 2. The molecule has 0 aliphatic heterocycles. The summed E-state index contributed by atoms with van der Waals surface area (Å²) in [6.45, 7) is 0. The average molecular weight is 250 g/mol. The van der Waals surface area contributed by atoms with Crippen molar-refractivity contribution < 1.29 is 4.79 Å². The molecule has 0 fully saturated rings. The number of hydrogen-bond donors (Lipinski definition) is 0. The van der Waals surface area contributed by atoms with Gasteiger partial charge in [0.15, 0.2) is 0 Å². The van der Waals surface area contributed by atoms with Crippen LogP contribution in [0.25, 0.3) is 0 Å². The lowest BCUT2D eigenvalue weighted by Gasteiger charge is -2.05. The Kier molecular flexibility index (Phi) is 5.12. The van der Waals surface area contributed by atoms with Crippen LogP contribution in [-0.4, -0.2) is 6.29 Å². The molecule has 1 heteroatoms. The molecule has 0 aliphatic carbocycles. The van der Waals surface area contributed by atoms with Gasteiger partial charge in [-0.3, -0.25) is 0 Å². The van der Waals surface area contributed by atoms with E-state index in [9.17, 15) is 4.79 Å². The molecular formula is C18H18O. The van der Waals surface area contributed by atoms with Crippen LogP contribution >= 0.6 is 0 Å². The van der Waals surface area contributed by atoms with Gasteiger partial charge in [-0.2, -0.15) is 0 Å². The second-order valence-corrected chi connectivity index (χ2v) is 4.61. The first-order valence-electron chi connectivity index (χ1n) is 6.58. The highest BCUT2D eigenvalue weighted by atomic mass is 16.1. The fraction of sp³-hybridized carbons (Fsp3) is 0.167. The van der Waals surface area contributed by atoms with Crippen LogP contribution in [0.1, 0.15) is 11.1 Å². The minimum atomic E-state index is -0.0360. The lowest BCUT2D eigenvalue weighted by molar-refractivity contribution is -0.109. The van der Waals surface area contributed by atoms with Gasteiger partial charge in [0.1, 0.15) is 6.29 Å². The highest BCUT2D eigenvalue weighted by Gasteiger charge is 2.03. The highest BCUT2D eigenvalue weighted by molar-refractivity contribution is 5.57. The molecule has 96 valence electrons. The molecule has 0 amide bonds. The quantitative estimate of drug-likeness (QED) is 0.562. The molecule has 1 nitrogen and oxygen atoms in total. The summed E-state index contributed by atoms with van der Waals surface area (Å²) in [4.78, 5) is 11.1. The van der Waals surface area contributed by atoms with Crippen molar-refractivity contribution in [3.63, 3.8) is 0 Å². The topological polar surface area (TPSA) is 17.1 Å². The molecule has 0 saturated heterocycles. The molecule has 2 aromatic carbocycles. The molecule has 0 saturated carbocycles. The van der Waals surface area contributed by atoms with E-state index in [0.29, 0.717) is 0 Å². The smallest absolute Gasteiger partial charge is 0.127 e. The number of rotatable bonds is 6. The molecule has 0 aliphatic rings. The summed E-state index contributed by atoms with van der Waals surface area (Å²) in [7, 11) is 0. The van der Waals surface area contributed by atoms with Gasteiger partial charge >= 0.3 is 0 Å². The summed E-state index contributed by atoms with van der Waals surface area (Å²) in [6.07, 6.45) is 6.76. The molecular weight excluding hydrogens is 232 g/mol. The Morgan fingerprint density at radius 2 is 1.42 bits per heavy atom. The maximum atomic E-state index is 11.1. The molecule has 1 atom stereocenters. The number of aldehydes is 1. The van der Waals surface area contributed by atoms with Gasteiger partial charge in [0.05, 0.1) is 0 Å². The Hall–Kier alpha value is -2.15. The zero-order chi connectivity index (χ0) is 13.3. The van der Waals surface area contributed by atoms with Crippen LogP contribution in [0.15, 0.2) is 72.8 Å². The second-order valence-electron chi connectivity index (χ2n) is 4.61. The molecule has 0 heterocycles. The number of carbonyl (C=O) groups is 1. The first kappa shape index (κ1) is 13.3. The molecule has 0 aromatic heterocycles. The van der Waals surface area contributed by atoms with Crippen LogP contribution in [0.3, 0.4) is 0 Å². The summed E-state index contributed by atoms with van der Waals surface area (Å²) >= 11 is 0. The van der Waals surface area contributed by atoms with Crippen LogP contribution < -0.4 is 0 Å². The average Bonchev–Trinajstić information content (AvgIpc) is 2.48. The van der Waals surface area contributed by atoms with Gasteiger partial charge in [0.2, 0.25) is 0 Å². The predicted octanol–water partition coefficient (Wildman–Crippen LogP) is 3.84. The summed E-state index contributed by atoms with van der Waals surface area (Å²) in [5.74, 6) is -0.0360. The van der Waals surface area contributed by atoms with Crippen molar-refractivity contribution in [2.75, 3.05) is 0 Å². The molecule has 0 unspecified atom stereocenters. The Morgan fingerprint density at radius 1 is 0.842 bits per heavy atom. The standard InChI is InChI=1S/C18H18O/c19-15-18(14-17-10-5-2-6-11-17)13-7-12-16-8-3-1-4-9-16/h1-11,13,15,18H,12,14H2/b13-7+/t18-/m0/s1. The normalized spacial score (nSPS) is 12.4. The lowest BCUT2D eigenvalue weighted by atomic mass is 9.99. The third-order valence-electron chi connectivity index (χ3n) is 3.07. The zero-order valence-electron chi connectivity index (χ0n) is 10.9. The van der Waals surface area contributed by atoms with Crippen molar-refractivity contribution in [1.29, 1.82) is 0 Å². The van der Waals surface area contributed by atoms with E-state index in [4.69, 9.17) is 0 Å². The Bertz CT molecular complexity index is 514. The van der Waals surface area contributed by atoms with Crippen molar-refractivity contribution in [2.45, 2.75) is 12.8 Å². The first-order chi connectivity index (χ1) is 9.38. The Labute approximate surface area is 114 Å². The van der Waals surface area contributed by atoms with Crippen LogP contribution in [-0.2, 0) is 17.6 Å². The van der Waals surface area contributed by atoms with E-state index < -0.39 is 0 Å². The van der Waals surface area contributed by atoms with E-state index in [2.05, 4.69) is 30.3 Å². The fourth-order valence-corrected chi connectivity index (χ4v) is 2.04. The SMILES string of the molecule is O=C[C@@H](/C=C/Cc1ccccc1)Cc1ccccc1. The second kappa shape index (κ2) is 7.32. The Balaban J connectivity index is 1.90. The number of hydrogen-bond acceptors (Lipinski definition) is 1. The van der Waals surface area contributed by atoms with Crippen LogP contribution in [0, 0.1) is 5.92 Å². The minimum absolute atomic E-state index is 0.0360. The highest BCUT2D eigenvalue weighted by Crippen LogP contribution is 2.09. The van der Waals surface area contributed by atoms with Crippen molar-refractivity contribution in [3.8, 4) is 0 Å². The van der Waals surface area contributed by atoms with Crippen molar-refractivity contribution in [1.82, 2.24) is 0 Å². The van der Waals surface area contributed by atoms with Gasteiger partial charge in [0.25, 0.3) is 0 Å². The number of carbonyl (C=O) groups excluding carboxylic acids is 1. The van der Waals surface area contributed by atoms with E-state index in [1.54, 1.807) is 0 Å². The summed E-state index contributed by atoms with van der Waals surface area (Å²) in [5, 5.41) is 0. The molecule has 0 N–H and O–H groups in total. The Morgan fingerprint density at radius 3 is 2.00 bits per heavy atom. The van der Waals surface area contributed by atoms with Gasteiger partial charge < -0.3 is 4.79 Å². The number of allylic oxidation sites excluding steroid dienone is 2.